The van der Waals surface area contributed by atoms with Crippen molar-refractivity contribution in [2.24, 2.45) is 0 Å². The Morgan fingerprint density at radius 2 is 2.09 bits per heavy atom. The molecule has 1 aromatic carbocycles. The Kier molecular flexibility index (Phi) is 4.38. The number of carbonyl (C=O) groups is 1. The molecule has 0 spiro atoms. The van der Waals surface area contributed by atoms with Gasteiger partial charge in [0, 0.05) is 25.9 Å². The number of rotatable bonds is 3. The fraction of sp³-hybridized carbons (Fsp3) is 0.438. The van der Waals surface area contributed by atoms with Gasteiger partial charge in [-0.05, 0) is 31.0 Å². The molecule has 2 aromatic rings. The molecule has 0 atom stereocenters. The van der Waals surface area contributed by atoms with Gasteiger partial charge in [0.15, 0.2) is 5.69 Å². The molecular weight excluding hydrogens is 298 g/mol. The van der Waals surface area contributed by atoms with Crippen LogP contribution < -0.4 is 4.74 Å². The Bertz CT molecular complexity index is 649. The van der Waals surface area contributed by atoms with Crippen molar-refractivity contribution in [3.8, 4) is 5.75 Å². The van der Waals surface area contributed by atoms with Crippen LogP contribution in [0.2, 0.25) is 0 Å². The minimum atomic E-state index is -0.0288. The molecule has 116 valence electrons. The van der Waals surface area contributed by atoms with Crippen LogP contribution in [-0.4, -0.2) is 38.7 Å². The Labute approximate surface area is 134 Å². The number of hydrogen-bond acceptors (Lipinski definition) is 5. The lowest BCUT2D eigenvalue weighted by molar-refractivity contribution is 0.0590. The van der Waals surface area contributed by atoms with Gasteiger partial charge in [-0.3, -0.25) is 4.79 Å². The van der Waals surface area contributed by atoms with Crippen LogP contribution in [-0.2, 0) is 0 Å². The molecule has 0 unspecified atom stereocenters. The van der Waals surface area contributed by atoms with Crippen LogP contribution in [0.3, 0.4) is 0 Å². The highest BCUT2D eigenvalue weighted by atomic mass is 32.1. The van der Waals surface area contributed by atoms with Gasteiger partial charge in [0.05, 0.1) is 17.9 Å². The molecule has 1 aromatic heterocycles. The van der Waals surface area contributed by atoms with Gasteiger partial charge in [-0.1, -0.05) is 12.1 Å². The summed E-state index contributed by atoms with van der Waals surface area (Å²) in [6, 6.07) is 6.25. The third-order valence-corrected chi connectivity index (χ3v) is 4.42. The van der Waals surface area contributed by atoms with E-state index in [0.717, 1.165) is 35.9 Å². The molecule has 0 bridgehead atoms. The predicted octanol–water partition coefficient (Wildman–Crippen LogP) is 2.84. The molecule has 1 fully saturated rings. The molecule has 3 rings (SSSR count). The topological polar surface area (TPSA) is 55.3 Å². The Balaban J connectivity index is 1.58. The van der Waals surface area contributed by atoms with Crippen LogP contribution >= 0.6 is 11.7 Å². The third-order valence-electron chi connectivity index (χ3n) is 3.95. The van der Waals surface area contributed by atoms with Gasteiger partial charge < -0.3 is 9.64 Å². The monoisotopic (exact) mass is 317 g/mol. The van der Waals surface area contributed by atoms with Gasteiger partial charge in [0.25, 0.3) is 5.91 Å². The Morgan fingerprint density at radius 1 is 1.32 bits per heavy atom. The Morgan fingerprint density at radius 3 is 2.77 bits per heavy atom. The van der Waals surface area contributed by atoms with Crippen LogP contribution in [0.5, 0.6) is 5.75 Å². The van der Waals surface area contributed by atoms with E-state index in [0.29, 0.717) is 18.8 Å². The number of amides is 1. The second kappa shape index (κ2) is 6.44. The summed E-state index contributed by atoms with van der Waals surface area (Å²) in [6.07, 6.45) is 3.39. The molecule has 22 heavy (non-hydrogen) atoms. The summed E-state index contributed by atoms with van der Waals surface area (Å²) in [7, 11) is 0. The summed E-state index contributed by atoms with van der Waals surface area (Å²) >= 11 is 1.06. The van der Waals surface area contributed by atoms with Crippen LogP contribution in [0, 0.1) is 13.8 Å². The van der Waals surface area contributed by atoms with Crippen molar-refractivity contribution in [3.63, 3.8) is 0 Å². The Hall–Kier alpha value is -1.95. The smallest absolute Gasteiger partial charge is 0.275 e. The standard InChI is InChI=1S/C16H19N3O2S/c1-11-3-4-12(2)15(9-11)21-13-5-7-19(8-6-13)16(20)14-10-17-22-18-14/h3-4,9-10,13H,5-8H2,1-2H3. The van der Waals surface area contributed by atoms with E-state index in [2.05, 4.69) is 40.8 Å². The normalized spacial score (nSPS) is 15.8. The molecule has 0 saturated carbocycles. The zero-order chi connectivity index (χ0) is 15.5. The highest BCUT2D eigenvalue weighted by Crippen LogP contribution is 2.24. The molecule has 2 heterocycles. The fourth-order valence-electron chi connectivity index (χ4n) is 2.61. The van der Waals surface area contributed by atoms with Gasteiger partial charge in [0.1, 0.15) is 11.9 Å². The number of aryl methyl sites for hydroxylation is 2. The molecular formula is C16H19N3O2S. The number of benzene rings is 1. The van der Waals surface area contributed by atoms with Gasteiger partial charge in [-0.15, -0.1) is 0 Å². The minimum Gasteiger partial charge on any atom is -0.490 e. The summed E-state index contributed by atoms with van der Waals surface area (Å²) in [6.45, 7) is 5.52. The number of likely N-dealkylation sites (tertiary alicyclic amines) is 1. The van der Waals surface area contributed by atoms with Gasteiger partial charge in [0.2, 0.25) is 0 Å². The van der Waals surface area contributed by atoms with E-state index in [1.807, 2.05) is 4.90 Å². The molecule has 1 aliphatic rings. The maximum Gasteiger partial charge on any atom is 0.275 e. The number of nitrogens with zero attached hydrogens (tertiary/aromatic N) is 3. The molecule has 5 nitrogen and oxygen atoms in total. The number of hydrogen-bond donors (Lipinski definition) is 0. The van der Waals surface area contributed by atoms with E-state index >= 15 is 0 Å². The first kappa shape index (κ1) is 15.0. The largest absolute Gasteiger partial charge is 0.490 e. The van der Waals surface area contributed by atoms with Gasteiger partial charge in [-0.25, -0.2) is 0 Å². The van der Waals surface area contributed by atoms with E-state index < -0.39 is 0 Å². The average Bonchev–Trinajstić information content (AvgIpc) is 3.05. The lowest BCUT2D eigenvalue weighted by Gasteiger charge is -2.32. The SMILES string of the molecule is Cc1ccc(C)c(OC2CCN(C(=O)c3cnsn3)CC2)c1. The molecule has 1 saturated heterocycles. The van der Waals surface area contributed by atoms with Crippen molar-refractivity contribution in [2.45, 2.75) is 32.8 Å². The summed E-state index contributed by atoms with van der Waals surface area (Å²) in [4.78, 5) is 14.0. The van der Waals surface area contributed by atoms with Crippen LogP contribution in [0.4, 0.5) is 0 Å². The van der Waals surface area contributed by atoms with Crippen molar-refractivity contribution >= 4 is 17.6 Å². The van der Waals surface area contributed by atoms with E-state index in [9.17, 15) is 4.79 Å². The van der Waals surface area contributed by atoms with Crippen LogP contribution in [0.25, 0.3) is 0 Å². The maximum absolute atomic E-state index is 12.2. The van der Waals surface area contributed by atoms with Crippen LogP contribution in [0.1, 0.15) is 34.5 Å². The van der Waals surface area contributed by atoms with E-state index in [4.69, 9.17) is 4.74 Å². The number of aromatic nitrogens is 2. The predicted molar refractivity (Wildman–Crippen MR) is 85.4 cm³/mol. The van der Waals surface area contributed by atoms with Crippen molar-refractivity contribution in [3.05, 3.63) is 41.2 Å². The summed E-state index contributed by atoms with van der Waals surface area (Å²) in [5.74, 6) is 0.924. The van der Waals surface area contributed by atoms with Crippen molar-refractivity contribution in [2.75, 3.05) is 13.1 Å². The lowest BCUT2D eigenvalue weighted by atomic mass is 10.1. The molecule has 1 amide bonds. The van der Waals surface area contributed by atoms with Crippen LogP contribution in [0.15, 0.2) is 24.4 Å². The molecule has 1 aliphatic heterocycles. The fourth-order valence-corrected chi connectivity index (χ4v) is 3.02. The molecule has 0 aliphatic carbocycles. The summed E-state index contributed by atoms with van der Waals surface area (Å²) in [5.41, 5.74) is 2.79. The first-order valence-electron chi connectivity index (χ1n) is 7.44. The zero-order valence-corrected chi connectivity index (χ0v) is 13.6. The lowest BCUT2D eigenvalue weighted by Crippen LogP contribution is -2.42. The number of ether oxygens (including phenoxy) is 1. The summed E-state index contributed by atoms with van der Waals surface area (Å²) in [5, 5.41) is 0. The number of piperidine rings is 1. The van der Waals surface area contributed by atoms with E-state index in [-0.39, 0.29) is 12.0 Å². The highest BCUT2D eigenvalue weighted by Gasteiger charge is 2.26. The molecule has 0 radical (unpaired) electrons. The second-order valence-electron chi connectivity index (χ2n) is 5.67. The average molecular weight is 317 g/mol. The minimum absolute atomic E-state index is 0.0288. The maximum atomic E-state index is 12.2. The highest BCUT2D eigenvalue weighted by molar-refractivity contribution is 6.99. The molecule has 6 heteroatoms. The first-order chi connectivity index (χ1) is 10.6. The van der Waals surface area contributed by atoms with Gasteiger partial charge >= 0.3 is 0 Å². The summed E-state index contributed by atoms with van der Waals surface area (Å²) < 4.78 is 14.0. The van der Waals surface area contributed by atoms with Crippen molar-refractivity contribution in [1.82, 2.24) is 13.6 Å². The van der Waals surface area contributed by atoms with Gasteiger partial charge in [-0.2, -0.15) is 8.75 Å². The van der Waals surface area contributed by atoms with E-state index in [1.165, 1.54) is 11.8 Å². The first-order valence-corrected chi connectivity index (χ1v) is 8.17. The zero-order valence-electron chi connectivity index (χ0n) is 12.8. The number of carbonyl (C=O) groups excluding carboxylic acids is 1. The van der Waals surface area contributed by atoms with Crippen molar-refractivity contribution < 1.29 is 9.53 Å². The molecule has 0 N–H and O–H groups in total. The quantitative estimate of drug-likeness (QED) is 0.873. The third kappa shape index (κ3) is 3.27. The second-order valence-corrected chi connectivity index (χ2v) is 6.23. The van der Waals surface area contributed by atoms with E-state index in [1.54, 1.807) is 0 Å². The van der Waals surface area contributed by atoms with Crippen molar-refractivity contribution in [1.29, 1.82) is 0 Å².